The summed E-state index contributed by atoms with van der Waals surface area (Å²) in [7, 11) is -1.53. The molecule has 7 heteroatoms. The van der Waals surface area contributed by atoms with E-state index < -0.39 is 15.1 Å². The molecular formula is C13H16BrNO4S. The van der Waals surface area contributed by atoms with Crippen molar-refractivity contribution in [3.05, 3.63) is 28.2 Å². The molecule has 0 saturated carbocycles. The van der Waals surface area contributed by atoms with Gasteiger partial charge in [0.2, 0.25) is 0 Å². The molecule has 20 heavy (non-hydrogen) atoms. The number of halogens is 1. The fraction of sp³-hybridized carbons (Fsp3) is 0.462. The fourth-order valence-corrected chi connectivity index (χ4v) is 3.73. The Bertz CT molecular complexity index is 623. The van der Waals surface area contributed by atoms with Crippen LogP contribution in [-0.4, -0.2) is 50.4 Å². The van der Waals surface area contributed by atoms with Crippen molar-refractivity contribution in [1.82, 2.24) is 4.90 Å². The largest absolute Gasteiger partial charge is 0.497 e. The summed E-state index contributed by atoms with van der Waals surface area (Å²) in [6, 6.07) is 5.14. The molecule has 1 aliphatic heterocycles. The van der Waals surface area contributed by atoms with Crippen molar-refractivity contribution >= 4 is 31.7 Å². The highest BCUT2D eigenvalue weighted by Crippen LogP contribution is 2.26. The minimum atomic E-state index is -3.06. The maximum Gasteiger partial charge on any atom is 0.255 e. The number of hydrogen-bond acceptors (Lipinski definition) is 4. The Morgan fingerprint density at radius 1 is 1.45 bits per heavy atom. The Kier molecular flexibility index (Phi) is 4.39. The molecule has 0 atom stereocenters. The van der Waals surface area contributed by atoms with Gasteiger partial charge in [-0.25, -0.2) is 8.42 Å². The first-order chi connectivity index (χ1) is 9.39. The Labute approximate surface area is 127 Å². The molecular weight excluding hydrogens is 346 g/mol. The second-order valence-corrected chi connectivity index (χ2v) is 8.05. The van der Waals surface area contributed by atoms with Gasteiger partial charge in [-0.2, -0.15) is 0 Å². The number of ether oxygens (including phenoxy) is 1. The average molecular weight is 362 g/mol. The molecule has 1 aromatic carbocycles. The summed E-state index contributed by atoms with van der Waals surface area (Å²) in [6.45, 7) is 2.15. The van der Waals surface area contributed by atoms with E-state index in [9.17, 15) is 13.2 Å². The monoisotopic (exact) mass is 361 g/mol. The third-order valence-corrected chi connectivity index (χ3v) is 6.26. The lowest BCUT2D eigenvalue weighted by molar-refractivity contribution is 0.0657. The molecule has 0 spiro atoms. The standard InChI is InChI=1S/C13H16BrNO4S/c1-3-20(17,18)10-7-15(8-10)13(16)11-6-9(19-2)4-5-12(11)14/h4-6,10H,3,7-8H2,1-2H3. The minimum Gasteiger partial charge on any atom is -0.497 e. The predicted molar refractivity (Wildman–Crippen MR) is 79.8 cm³/mol. The number of benzene rings is 1. The summed E-state index contributed by atoms with van der Waals surface area (Å²) in [4.78, 5) is 13.9. The molecule has 0 aliphatic carbocycles. The first-order valence-electron chi connectivity index (χ1n) is 6.23. The van der Waals surface area contributed by atoms with Crippen molar-refractivity contribution in [1.29, 1.82) is 0 Å². The van der Waals surface area contributed by atoms with Crippen LogP contribution < -0.4 is 4.74 Å². The smallest absolute Gasteiger partial charge is 0.255 e. The lowest BCUT2D eigenvalue weighted by Crippen LogP contribution is -2.57. The van der Waals surface area contributed by atoms with Crippen molar-refractivity contribution in [3.8, 4) is 5.75 Å². The number of sulfone groups is 1. The Hall–Kier alpha value is -1.08. The van der Waals surface area contributed by atoms with Crippen LogP contribution in [0, 0.1) is 0 Å². The highest BCUT2D eigenvalue weighted by atomic mass is 79.9. The molecule has 2 rings (SSSR count). The van der Waals surface area contributed by atoms with Crippen LogP contribution >= 0.6 is 15.9 Å². The molecule has 0 radical (unpaired) electrons. The number of methoxy groups -OCH3 is 1. The van der Waals surface area contributed by atoms with E-state index in [1.165, 1.54) is 12.0 Å². The molecule has 0 aromatic heterocycles. The van der Waals surface area contributed by atoms with Crippen molar-refractivity contribution in [3.63, 3.8) is 0 Å². The van der Waals surface area contributed by atoms with Crippen LogP contribution in [0.15, 0.2) is 22.7 Å². The molecule has 1 fully saturated rings. The van der Waals surface area contributed by atoms with Gasteiger partial charge >= 0.3 is 0 Å². The summed E-state index contributed by atoms with van der Waals surface area (Å²) in [5.74, 6) is 0.524. The topological polar surface area (TPSA) is 63.7 Å². The number of carbonyl (C=O) groups is 1. The molecule has 1 saturated heterocycles. The van der Waals surface area contributed by atoms with Gasteiger partial charge in [0.05, 0.1) is 17.9 Å². The Morgan fingerprint density at radius 3 is 2.65 bits per heavy atom. The van der Waals surface area contributed by atoms with Crippen molar-refractivity contribution in [2.24, 2.45) is 0 Å². The van der Waals surface area contributed by atoms with E-state index >= 15 is 0 Å². The maximum atomic E-state index is 12.3. The van der Waals surface area contributed by atoms with E-state index in [-0.39, 0.29) is 24.7 Å². The van der Waals surface area contributed by atoms with E-state index in [4.69, 9.17) is 4.74 Å². The van der Waals surface area contributed by atoms with Crippen LogP contribution in [0.2, 0.25) is 0 Å². The number of carbonyl (C=O) groups excluding carboxylic acids is 1. The minimum absolute atomic E-state index is 0.114. The molecule has 1 aromatic rings. The molecule has 0 unspecified atom stereocenters. The summed E-state index contributed by atoms with van der Waals surface area (Å²) in [5, 5.41) is -0.430. The number of likely N-dealkylation sites (tertiary alicyclic amines) is 1. The lowest BCUT2D eigenvalue weighted by atomic mass is 10.1. The van der Waals surface area contributed by atoms with Crippen LogP contribution in [0.5, 0.6) is 5.75 Å². The van der Waals surface area contributed by atoms with Crippen molar-refractivity contribution < 1.29 is 17.9 Å². The zero-order chi connectivity index (χ0) is 14.9. The van der Waals surface area contributed by atoms with Gasteiger partial charge in [0.25, 0.3) is 5.91 Å². The Balaban J connectivity index is 2.12. The van der Waals surface area contributed by atoms with Crippen LogP contribution in [0.1, 0.15) is 17.3 Å². The molecule has 1 amide bonds. The highest BCUT2D eigenvalue weighted by Gasteiger charge is 2.39. The van der Waals surface area contributed by atoms with Crippen LogP contribution in [0.4, 0.5) is 0 Å². The summed E-state index contributed by atoms with van der Waals surface area (Å²) in [5.41, 5.74) is 0.483. The summed E-state index contributed by atoms with van der Waals surface area (Å²) in [6.07, 6.45) is 0. The lowest BCUT2D eigenvalue weighted by Gasteiger charge is -2.38. The zero-order valence-electron chi connectivity index (χ0n) is 11.3. The summed E-state index contributed by atoms with van der Waals surface area (Å²) < 4.78 is 29.1. The predicted octanol–water partition coefficient (Wildman–Crippen LogP) is 1.72. The van der Waals surface area contributed by atoms with Gasteiger partial charge in [0.1, 0.15) is 5.75 Å². The normalized spacial score (nSPS) is 15.8. The van der Waals surface area contributed by atoms with Gasteiger partial charge in [-0.05, 0) is 34.1 Å². The van der Waals surface area contributed by atoms with E-state index in [0.29, 0.717) is 15.8 Å². The van der Waals surface area contributed by atoms with E-state index in [1.54, 1.807) is 25.1 Å². The van der Waals surface area contributed by atoms with Crippen LogP contribution in [-0.2, 0) is 9.84 Å². The van der Waals surface area contributed by atoms with Gasteiger partial charge in [0.15, 0.2) is 9.84 Å². The Morgan fingerprint density at radius 2 is 2.10 bits per heavy atom. The van der Waals surface area contributed by atoms with E-state index in [1.807, 2.05) is 0 Å². The third kappa shape index (κ3) is 2.83. The highest BCUT2D eigenvalue weighted by molar-refractivity contribution is 9.10. The quantitative estimate of drug-likeness (QED) is 0.818. The average Bonchev–Trinajstić information content (AvgIpc) is 2.37. The molecule has 110 valence electrons. The summed E-state index contributed by atoms with van der Waals surface area (Å²) >= 11 is 3.33. The van der Waals surface area contributed by atoms with Gasteiger partial charge in [-0.1, -0.05) is 6.92 Å². The maximum absolute atomic E-state index is 12.3. The number of nitrogens with zero attached hydrogens (tertiary/aromatic N) is 1. The molecule has 0 N–H and O–H groups in total. The number of rotatable bonds is 4. The van der Waals surface area contributed by atoms with Crippen LogP contribution in [0.25, 0.3) is 0 Å². The van der Waals surface area contributed by atoms with Gasteiger partial charge in [-0.3, -0.25) is 4.79 Å². The van der Waals surface area contributed by atoms with Gasteiger partial charge < -0.3 is 9.64 Å². The zero-order valence-corrected chi connectivity index (χ0v) is 13.7. The molecule has 1 heterocycles. The van der Waals surface area contributed by atoms with E-state index in [0.717, 1.165) is 0 Å². The fourth-order valence-electron chi connectivity index (χ4n) is 2.03. The van der Waals surface area contributed by atoms with Crippen LogP contribution in [0.3, 0.4) is 0 Å². The molecule has 1 aliphatic rings. The van der Waals surface area contributed by atoms with E-state index in [2.05, 4.69) is 15.9 Å². The first-order valence-corrected chi connectivity index (χ1v) is 8.74. The molecule has 5 nitrogen and oxygen atoms in total. The third-order valence-electron chi connectivity index (χ3n) is 3.45. The second kappa shape index (κ2) is 5.73. The van der Waals surface area contributed by atoms with Crippen molar-refractivity contribution in [2.45, 2.75) is 12.2 Å². The molecule has 0 bridgehead atoms. The number of hydrogen-bond donors (Lipinski definition) is 0. The van der Waals surface area contributed by atoms with Crippen molar-refractivity contribution in [2.75, 3.05) is 26.0 Å². The first kappa shape index (κ1) is 15.3. The second-order valence-electron chi connectivity index (χ2n) is 4.63. The SMILES string of the molecule is CCS(=O)(=O)C1CN(C(=O)c2cc(OC)ccc2Br)C1. The van der Waals surface area contributed by atoms with Gasteiger partial charge in [-0.15, -0.1) is 0 Å². The van der Waals surface area contributed by atoms with Gasteiger partial charge in [0, 0.05) is 23.3 Å². The number of amides is 1.